The molecule has 0 saturated heterocycles. The normalized spacial score (nSPS) is 12.2. The van der Waals surface area contributed by atoms with E-state index in [1.807, 2.05) is 20.8 Å². The third-order valence-corrected chi connectivity index (χ3v) is 7.45. The predicted octanol–water partition coefficient (Wildman–Crippen LogP) is 1.48. The van der Waals surface area contributed by atoms with Gasteiger partial charge >= 0.3 is 8.80 Å². The zero-order valence-corrected chi connectivity index (χ0v) is 18.8. The van der Waals surface area contributed by atoms with Crippen LogP contribution < -0.4 is 12.4 Å². The Balaban J connectivity index is 0. The Kier molecular flexibility index (Phi) is 17.3. The minimum Gasteiger partial charge on any atom is -1.00 e. The van der Waals surface area contributed by atoms with Crippen LogP contribution in [0, 0.1) is 0 Å². The van der Waals surface area contributed by atoms with Gasteiger partial charge in [-0.15, -0.1) is 0 Å². The molecule has 0 spiro atoms. The fraction of sp³-hybridized carbons (Fsp3) is 1.00. The second kappa shape index (κ2) is 15.6. The summed E-state index contributed by atoms with van der Waals surface area (Å²) in [5.74, 6) is 0. The predicted molar refractivity (Wildman–Crippen MR) is 101 cm³/mol. The van der Waals surface area contributed by atoms with Gasteiger partial charge in [0, 0.05) is 32.3 Å². The summed E-state index contributed by atoms with van der Waals surface area (Å²) in [7, 11) is -2.47. The van der Waals surface area contributed by atoms with Gasteiger partial charge in [-0.3, -0.25) is 0 Å². The largest absolute Gasteiger partial charge is 1.00 e. The Morgan fingerprint density at radius 2 is 1.00 bits per heavy atom. The van der Waals surface area contributed by atoms with Crippen LogP contribution in [0.25, 0.3) is 0 Å². The van der Waals surface area contributed by atoms with Gasteiger partial charge in [-0.25, -0.2) is 0 Å². The van der Waals surface area contributed by atoms with E-state index in [2.05, 4.69) is 20.8 Å². The van der Waals surface area contributed by atoms with Gasteiger partial charge in [0.25, 0.3) is 0 Å². The molecule has 148 valence electrons. The van der Waals surface area contributed by atoms with Crippen molar-refractivity contribution in [2.75, 3.05) is 46.0 Å². The zero-order chi connectivity index (χ0) is 17.6. The average molecular weight is 384 g/mol. The van der Waals surface area contributed by atoms with Gasteiger partial charge in [0.2, 0.25) is 0 Å². The zero-order valence-electron chi connectivity index (χ0n) is 17.0. The molecule has 0 amide bonds. The smallest absolute Gasteiger partial charge is 0.501 e. The molecule has 0 aliphatic carbocycles. The van der Waals surface area contributed by atoms with Gasteiger partial charge in [-0.1, -0.05) is 20.8 Å². The molecule has 0 aromatic heterocycles. The van der Waals surface area contributed by atoms with Gasteiger partial charge in [-0.2, -0.15) is 0 Å². The fourth-order valence-corrected chi connectivity index (χ4v) is 6.32. The van der Waals surface area contributed by atoms with Crippen molar-refractivity contribution in [3.05, 3.63) is 0 Å². The van der Waals surface area contributed by atoms with E-state index in [0.29, 0.717) is 19.8 Å². The topological polar surface area (TPSA) is 27.7 Å². The van der Waals surface area contributed by atoms with Crippen LogP contribution in [0.5, 0.6) is 0 Å². The lowest BCUT2D eigenvalue weighted by Crippen LogP contribution is -3.00. The number of halogens is 1. The van der Waals surface area contributed by atoms with E-state index in [0.717, 1.165) is 12.5 Å². The van der Waals surface area contributed by atoms with Crippen molar-refractivity contribution < 1.29 is 30.2 Å². The molecule has 4 nitrogen and oxygen atoms in total. The molecule has 0 heterocycles. The van der Waals surface area contributed by atoms with Crippen LogP contribution in [0.2, 0.25) is 6.04 Å². The fourth-order valence-electron chi connectivity index (χ4n) is 3.73. The van der Waals surface area contributed by atoms with Gasteiger partial charge in [0.15, 0.2) is 0 Å². The summed E-state index contributed by atoms with van der Waals surface area (Å²) in [5.41, 5.74) is 0. The van der Waals surface area contributed by atoms with Crippen LogP contribution in [0.4, 0.5) is 0 Å². The van der Waals surface area contributed by atoms with Crippen LogP contribution >= 0.6 is 0 Å². The first-order valence-electron chi connectivity index (χ1n) is 9.84. The lowest BCUT2D eigenvalue weighted by Gasteiger charge is -2.39. The number of hydrogen-bond acceptors (Lipinski definition) is 3. The molecule has 0 aliphatic rings. The minimum absolute atomic E-state index is 0. The lowest BCUT2D eigenvalue weighted by molar-refractivity contribution is -0.928. The van der Waals surface area contributed by atoms with Crippen molar-refractivity contribution >= 4 is 8.80 Å². The Bertz CT molecular complexity index is 223. The molecule has 0 rings (SSSR count). The van der Waals surface area contributed by atoms with E-state index in [-0.39, 0.29) is 12.4 Å². The molecule has 0 N–H and O–H groups in total. The highest BCUT2D eigenvalue weighted by molar-refractivity contribution is 6.60. The summed E-state index contributed by atoms with van der Waals surface area (Å²) in [6.45, 7) is 20.1. The molecule has 0 fully saturated rings. The molecule has 0 aromatic rings. The molecular weight excluding hydrogens is 342 g/mol. The first-order valence-corrected chi connectivity index (χ1v) is 11.8. The van der Waals surface area contributed by atoms with Crippen LogP contribution in [0.3, 0.4) is 0 Å². The lowest BCUT2D eigenvalue weighted by atomic mass is 10.2. The van der Waals surface area contributed by atoms with Gasteiger partial charge in [-0.05, 0) is 40.0 Å². The molecule has 0 bridgehead atoms. The first-order chi connectivity index (χ1) is 11.1. The van der Waals surface area contributed by atoms with Crippen molar-refractivity contribution in [3.8, 4) is 0 Å². The minimum atomic E-state index is -2.47. The van der Waals surface area contributed by atoms with Gasteiger partial charge < -0.3 is 30.2 Å². The molecule has 24 heavy (non-hydrogen) atoms. The number of nitrogens with zero attached hydrogens (tertiary/aromatic N) is 1. The van der Waals surface area contributed by atoms with Crippen LogP contribution in [-0.2, 0) is 13.3 Å². The summed E-state index contributed by atoms with van der Waals surface area (Å²) >= 11 is 0. The van der Waals surface area contributed by atoms with Crippen LogP contribution in [0.1, 0.15) is 67.2 Å². The highest BCUT2D eigenvalue weighted by atomic mass is 35.5. The number of hydrogen-bond donors (Lipinski definition) is 0. The third kappa shape index (κ3) is 9.73. The molecule has 6 heteroatoms. The maximum atomic E-state index is 5.99. The Hall–Kier alpha value is 0.347. The molecule has 0 saturated carbocycles. The van der Waals surface area contributed by atoms with E-state index in [1.54, 1.807) is 0 Å². The van der Waals surface area contributed by atoms with E-state index in [1.165, 1.54) is 49.9 Å². The molecular formula is C18H42ClNO3Si. The van der Waals surface area contributed by atoms with Crippen molar-refractivity contribution in [3.63, 3.8) is 0 Å². The summed E-state index contributed by atoms with van der Waals surface area (Å²) in [5, 5.41) is 0. The molecule has 0 radical (unpaired) electrons. The summed E-state index contributed by atoms with van der Waals surface area (Å²) in [6.07, 6.45) is 4.90. The van der Waals surface area contributed by atoms with Gasteiger partial charge in [0.1, 0.15) is 0 Å². The molecule has 0 atom stereocenters. The maximum absolute atomic E-state index is 5.99. The van der Waals surface area contributed by atoms with Crippen LogP contribution in [0.15, 0.2) is 0 Å². The highest BCUT2D eigenvalue weighted by Gasteiger charge is 2.40. The van der Waals surface area contributed by atoms with E-state index in [9.17, 15) is 0 Å². The second-order valence-corrected chi connectivity index (χ2v) is 9.05. The monoisotopic (exact) mass is 383 g/mol. The third-order valence-electron chi connectivity index (χ3n) is 4.30. The second-order valence-electron chi connectivity index (χ2n) is 6.32. The van der Waals surface area contributed by atoms with Crippen molar-refractivity contribution in [1.29, 1.82) is 0 Å². The Morgan fingerprint density at radius 1 is 0.625 bits per heavy atom. The number of rotatable bonds is 16. The van der Waals surface area contributed by atoms with E-state index < -0.39 is 8.80 Å². The Morgan fingerprint density at radius 3 is 1.29 bits per heavy atom. The first kappa shape index (κ1) is 26.6. The Labute approximate surface area is 158 Å². The van der Waals surface area contributed by atoms with Crippen molar-refractivity contribution in [1.82, 2.24) is 0 Å². The molecule has 0 aromatic carbocycles. The van der Waals surface area contributed by atoms with E-state index in [4.69, 9.17) is 13.3 Å². The molecule has 0 aliphatic heterocycles. The standard InChI is InChI=1S/C18H42NO3Si.ClH/c1-7-14-19(15-8-2,16-9-3)17-13-18-23(20-10-4,21-11-5)22-12-6;/h7-18H2,1-6H3;1H/q+1;/p-1. The summed E-state index contributed by atoms with van der Waals surface area (Å²) in [6, 6.07) is 0.944. The maximum Gasteiger partial charge on any atom is 0.501 e. The summed E-state index contributed by atoms with van der Waals surface area (Å²) < 4.78 is 19.2. The van der Waals surface area contributed by atoms with E-state index >= 15 is 0 Å². The average Bonchev–Trinajstić information content (AvgIpc) is 2.49. The van der Waals surface area contributed by atoms with Crippen molar-refractivity contribution in [2.45, 2.75) is 73.3 Å². The highest BCUT2D eigenvalue weighted by Crippen LogP contribution is 2.21. The van der Waals surface area contributed by atoms with Gasteiger partial charge in [0.05, 0.1) is 26.2 Å². The SMILES string of the molecule is CCC[N+](CCC)(CCC)CCC[Si](OCC)(OCC)OCC.[Cl-]. The van der Waals surface area contributed by atoms with Crippen LogP contribution in [-0.4, -0.2) is 59.3 Å². The summed E-state index contributed by atoms with van der Waals surface area (Å²) in [4.78, 5) is 0. The quantitative estimate of drug-likeness (QED) is 0.298. The number of quaternary nitrogens is 1. The van der Waals surface area contributed by atoms with Crippen molar-refractivity contribution in [2.24, 2.45) is 0 Å². The molecule has 0 unspecified atom stereocenters.